The number of nitrogens with zero attached hydrogens (tertiary/aromatic N) is 1. The van der Waals surface area contributed by atoms with E-state index in [9.17, 15) is 4.79 Å². The van der Waals surface area contributed by atoms with Crippen LogP contribution in [0.5, 0.6) is 5.75 Å². The van der Waals surface area contributed by atoms with E-state index in [2.05, 4.69) is 54.6 Å². The molecule has 0 N–H and O–H groups in total. The molecule has 0 spiro atoms. The first-order chi connectivity index (χ1) is 20.8. The molecule has 5 rings (SSSR count). The van der Waals surface area contributed by atoms with E-state index in [-0.39, 0.29) is 24.4 Å². The van der Waals surface area contributed by atoms with Gasteiger partial charge in [-0.15, -0.1) is 0 Å². The number of unbranched alkanes of at least 4 members (excludes halogenated alkanes) is 1. The number of hydrogen-bond donors (Lipinski definition) is 0. The molecule has 232 valence electrons. The lowest BCUT2D eigenvalue weighted by atomic mass is 9.87. The quantitative estimate of drug-likeness (QED) is 0.212. The molecule has 3 unspecified atom stereocenters. The molecule has 0 aliphatic carbocycles. The zero-order chi connectivity index (χ0) is 30.1. The van der Waals surface area contributed by atoms with Crippen LogP contribution in [0.3, 0.4) is 0 Å². The Balaban J connectivity index is 1.17. The second-order valence-electron chi connectivity index (χ2n) is 12.6. The number of likely N-dealkylation sites (tertiary alicyclic amines) is 1. The van der Waals surface area contributed by atoms with Crippen LogP contribution in [0.1, 0.15) is 76.3 Å². The van der Waals surface area contributed by atoms with E-state index in [1.54, 1.807) is 4.90 Å². The molecule has 3 aromatic rings. The number of amides is 1. The summed E-state index contributed by atoms with van der Waals surface area (Å²) in [6.07, 6.45) is 5.52. The summed E-state index contributed by atoms with van der Waals surface area (Å²) in [5.74, 6) is 1.02. The molecule has 1 amide bonds. The second-order valence-corrected chi connectivity index (χ2v) is 12.6. The minimum atomic E-state index is -0.540. The normalized spacial score (nSPS) is 21.1. The third-order valence-corrected chi connectivity index (χ3v) is 8.05. The molecular formula is C36H47NO6. The smallest absolute Gasteiger partial charge is 0.410 e. The topological polar surface area (TPSA) is 66.5 Å². The highest BCUT2D eigenvalue weighted by Gasteiger charge is 2.35. The van der Waals surface area contributed by atoms with Crippen molar-refractivity contribution in [3.63, 3.8) is 0 Å². The Morgan fingerprint density at radius 3 is 2.47 bits per heavy atom. The van der Waals surface area contributed by atoms with Gasteiger partial charge in [0.1, 0.15) is 11.4 Å². The summed E-state index contributed by atoms with van der Waals surface area (Å²) in [7, 11) is 0. The van der Waals surface area contributed by atoms with Crippen LogP contribution in [-0.2, 0) is 25.6 Å². The van der Waals surface area contributed by atoms with E-state index in [0.29, 0.717) is 32.9 Å². The van der Waals surface area contributed by atoms with Gasteiger partial charge in [-0.3, -0.25) is 0 Å². The molecular weight excluding hydrogens is 542 g/mol. The molecule has 0 bridgehead atoms. The number of carbonyl (C=O) groups is 1. The summed E-state index contributed by atoms with van der Waals surface area (Å²) < 4.78 is 29.7. The van der Waals surface area contributed by atoms with Crippen molar-refractivity contribution in [3.8, 4) is 5.75 Å². The van der Waals surface area contributed by atoms with Crippen molar-refractivity contribution >= 4 is 16.9 Å². The van der Waals surface area contributed by atoms with Crippen molar-refractivity contribution in [2.24, 2.45) is 0 Å². The number of ether oxygens (including phenoxy) is 5. The Bertz CT molecular complexity index is 1300. The van der Waals surface area contributed by atoms with E-state index in [1.165, 1.54) is 22.8 Å². The fourth-order valence-electron chi connectivity index (χ4n) is 5.75. The Labute approximate surface area is 256 Å². The average molecular weight is 590 g/mol. The van der Waals surface area contributed by atoms with Crippen LogP contribution in [-0.4, -0.2) is 61.9 Å². The van der Waals surface area contributed by atoms with Crippen molar-refractivity contribution < 1.29 is 28.5 Å². The number of carbonyl (C=O) groups excluding carboxylic acids is 1. The van der Waals surface area contributed by atoms with Gasteiger partial charge in [0.2, 0.25) is 0 Å². The number of piperidine rings is 1. The van der Waals surface area contributed by atoms with E-state index in [4.69, 9.17) is 23.7 Å². The Morgan fingerprint density at radius 2 is 1.70 bits per heavy atom. The van der Waals surface area contributed by atoms with Gasteiger partial charge in [-0.25, -0.2) is 4.79 Å². The van der Waals surface area contributed by atoms with Crippen LogP contribution in [0.2, 0.25) is 0 Å². The van der Waals surface area contributed by atoms with Gasteiger partial charge in [-0.2, -0.15) is 0 Å². The van der Waals surface area contributed by atoms with Gasteiger partial charge in [0.15, 0.2) is 6.29 Å². The summed E-state index contributed by atoms with van der Waals surface area (Å²) in [5.41, 5.74) is 1.77. The molecule has 2 heterocycles. The van der Waals surface area contributed by atoms with Crippen molar-refractivity contribution in [2.45, 2.75) is 89.8 Å². The van der Waals surface area contributed by atoms with E-state index in [1.807, 2.05) is 32.9 Å². The highest BCUT2D eigenvalue weighted by Crippen LogP contribution is 2.33. The number of hydrogen-bond acceptors (Lipinski definition) is 6. The predicted molar refractivity (Wildman–Crippen MR) is 168 cm³/mol. The lowest BCUT2D eigenvalue weighted by Gasteiger charge is -2.39. The molecule has 0 aromatic heterocycles. The van der Waals surface area contributed by atoms with E-state index < -0.39 is 5.60 Å². The minimum absolute atomic E-state index is 0.0291. The SMILES string of the molecule is CC(C)(C)OC(=O)N1CCC(c2ccc(OCCCCOC3CCCCO3)cc2)C(OCc2ccc3ccccc3c2)C1. The Morgan fingerprint density at radius 1 is 0.907 bits per heavy atom. The van der Waals surface area contributed by atoms with Crippen LogP contribution in [0.25, 0.3) is 10.8 Å². The maximum atomic E-state index is 12.9. The number of rotatable bonds is 11. The molecule has 7 nitrogen and oxygen atoms in total. The van der Waals surface area contributed by atoms with E-state index in [0.717, 1.165) is 50.0 Å². The zero-order valence-electron chi connectivity index (χ0n) is 26.0. The fourth-order valence-corrected chi connectivity index (χ4v) is 5.75. The highest BCUT2D eigenvalue weighted by atomic mass is 16.7. The molecule has 2 fully saturated rings. The lowest BCUT2D eigenvalue weighted by Crippen LogP contribution is -2.48. The summed E-state index contributed by atoms with van der Waals surface area (Å²) >= 11 is 0. The van der Waals surface area contributed by atoms with Crippen molar-refractivity contribution in [2.75, 3.05) is 32.9 Å². The molecule has 2 aliphatic heterocycles. The highest BCUT2D eigenvalue weighted by molar-refractivity contribution is 5.82. The fraction of sp³-hybridized carbons (Fsp3) is 0.528. The zero-order valence-corrected chi connectivity index (χ0v) is 26.0. The third-order valence-electron chi connectivity index (χ3n) is 8.05. The first-order valence-electron chi connectivity index (χ1n) is 15.9. The standard InChI is InChI=1S/C36H47NO6/c1-36(2,3)43-35(38)37-20-19-32(33(25-37)42-26-27-13-14-28-10-4-5-11-30(28)24-27)29-15-17-31(18-16-29)39-21-8-9-23-41-34-12-6-7-22-40-34/h4-5,10-11,13-18,24,32-34H,6-9,12,19-23,25-26H2,1-3H3. The first-order valence-corrected chi connectivity index (χ1v) is 15.9. The van der Waals surface area contributed by atoms with Crippen LogP contribution in [0.4, 0.5) is 4.79 Å². The largest absolute Gasteiger partial charge is 0.494 e. The predicted octanol–water partition coefficient (Wildman–Crippen LogP) is 7.85. The van der Waals surface area contributed by atoms with Crippen molar-refractivity contribution in [1.82, 2.24) is 4.90 Å². The average Bonchev–Trinajstić information content (AvgIpc) is 3.01. The molecule has 2 saturated heterocycles. The van der Waals surface area contributed by atoms with Gasteiger partial charge in [0, 0.05) is 25.7 Å². The van der Waals surface area contributed by atoms with Crippen LogP contribution < -0.4 is 4.74 Å². The van der Waals surface area contributed by atoms with Gasteiger partial charge in [-0.1, -0.05) is 48.5 Å². The van der Waals surface area contributed by atoms with E-state index >= 15 is 0 Å². The second kappa shape index (κ2) is 15.0. The molecule has 3 aromatic carbocycles. The summed E-state index contributed by atoms with van der Waals surface area (Å²) in [6, 6.07) is 23.1. The van der Waals surface area contributed by atoms with Crippen molar-refractivity contribution in [3.05, 3.63) is 77.9 Å². The van der Waals surface area contributed by atoms with Gasteiger partial charge in [0.25, 0.3) is 0 Å². The third kappa shape index (κ3) is 9.43. The molecule has 0 radical (unpaired) electrons. The molecule has 3 atom stereocenters. The summed E-state index contributed by atoms with van der Waals surface area (Å²) in [4.78, 5) is 14.7. The van der Waals surface area contributed by atoms with Crippen LogP contribution in [0, 0.1) is 0 Å². The number of benzene rings is 3. The Kier molecular flexibility index (Phi) is 11.0. The lowest BCUT2D eigenvalue weighted by molar-refractivity contribution is -0.162. The summed E-state index contributed by atoms with van der Waals surface area (Å²) in [5, 5.41) is 2.41. The minimum Gasteiger partial charge on any atom is -0.494 e. The molecule has 0 saturated carbocycles. The maximum absolute atomic E-state index is 12.9. The van der Waals surface area contributed by atoms with Gasteiger partial charge >= 0.3 is 6.09 Å². The molecule has 2 aliphatic rings. The number of fused-ring (bicyclic) bond motifs is 1. The van der Waals surface area contributed by atoms with Crippen LogP contribution in [0.15, 0.2) is 66.7 Å². The van der Waals surface area contributed by atoms with Gasteiger partial charge in [0.05, 0.1) is 25.9 Å². The first kappa shape index (κ1) is 31.3. The van der Waals surface area contributed by atoms with Gasteiger partial charge in [-0.05, 0) is 99.4 Å². The van der Waals surface area contributed by atoms with Crippen LogP contribution >= 0.6 is 0 Å². The monoisotopic (exact) mass is 589 g/mol. The van der Waals surface area contributed by atoms with Crippen molar-refractivity contribution in [1.29, 1.82) is 0 Å². The summed E-state index contributed by atoms with van der Waals surface area (Å²) in [6.45, 7) is 9.45. The maximum Gasteiger partial charge on any atom is 0.410 e. The molecule has 7 heteroatoms. The van der Waals surface area contributed by atoms with Gasteiger partial charge < -0.3 is 28.6 Å². The Hall–Kier alpha value is -3.13. The molecule has 43 heavy (non-hydrogen) atoms.